The van der Waals surface area contributed by atoms with Crippen molar-refractivity contribution < 1.29 is 8.42 Å². The maximum absolute atomic E-state index is 12.1. The molecule has 0 aliphatic heterocycles. The Morgan fingerprint density at radius 2 is 1.69 bits per heavy atom. The van der Waals surface area contributed by atoms with E-state index < -0.39 is 9.84 Å². The molecule has 0 saturated carbocycles. The third-order valence-corrected chi connectivity index (χ3v) is 4.07. The molecule has 0 unspecified atom stereocenters. The highest BCUT2D eigenvalue weighted by molar-refractivity contribution is 7.91. The third-order valence-electron chi connectivity index (χ3n) is 2.09. The zero-order valence-corrected chi connectivity index (χ0v) is 9.79. The average Bonchev–Trinajstić information content (AvgIpc) is 2.31. The second-order valence-electron chi connectivity index (χ2n) is 3.18. The monoisotopic (exact) mass is 251 g/mol. The molecule has 0 saturated heterocycles. The first-order valence-corrected chi connectivity index (χ1v) is 6.44. The van der Waals surface area contributed by atoms with Crippen LogP contribution in [0.2, 0.25) is 5.02 Å². The molecular formula is C12H8ClO2S. The summed E-state index contributed by atoms with van der Waals surface area (Å²) in [5, 5.41) is 0.510. The van der Waals surface area contributed by atoms with Gasteiger partial charge in [0.15, 0.2) is 0 Å². The van der Waals surface area contributed by atoms with Crippen LogP contribution in [-0.4, -0.2) is 8.42 Å². The van der Waals surface area contributed by atoms with E-state index in [0.29, 0.717) is 5.02 Å². The Morgan fingerprint density at radius 1 is 1.00 bits per heavy atom. The van der Waals surface area contributed by atoms with E-state index in [9.17, 15) is 8.42 Å². The van der Waals surface area contributed by atoms with Crippen molar-refractivity contribution >= 4 is 21.4 Å². The second-order valence-corrected chi connectivity index (χ2v) is 5.54. The van der Waals surface area contributed by atoms with E-state index in [1.807, 2.05) is 0 Å². The molecule has 0 heterocycles. The van der Waals surface area contributed by atoms with Gasteiger partial charge in [-0.2, -0.15) is 0 Å². The first-order valence-electron chi connectivity index (χ1n) is 4.58. The van der Waals surface area contributed by atoms with Crippen LogP contribution in [0.3, 0.4) is 0 Å². The van der Waals surface area contributed by atoms with Crippen LogP contribution in [0.1, 0.15) is 0 Å². The van der Waals surface area contributed by atoms with Gasteiger partial charge in [-0.25, -0.2) is 8.42 Å². The fourth-order valence-corrected chi connectivity index (χ4v) is 2.64. The van der Waals surface area contributed by atoms with Gasteiger partial charge in [0.25, 0.3) is 0 Å². The third kappa shape index (κ3) is 2.10. The SMILES string of the molecule is O=S(=O)(c1[c]cccc1)c1ccc(Cl)cc1. The summed E-state index contributed by atoms with van der Waals surface area (Å²) in [6, 6.07) is 15.3. The molecule has 2 aromatic rings. The van der Waals surface area contributed by atoms with Crippen LogP contribution in [0.25, 0.3) is 0 Å². The number of rotatable bonds is 2. The van der Waals surface area contributed by atoms with E-state index in [1.54, 1.807) is 30.3 Å². The summed E-state index contributed by atoms with van der Waals surface area (Å²) in [4.78, 5) is 0.386. The lowest BCUT2D eigenvalue weighted by Crippen LogP contribution is -2.01. The first-order chi connectivity index (χ1) is 7.60. The van der Waals surface area contributed by atoms with Gasteiger partial charge < -0.3 is 0 Å². The van der Waals surface area contributed by atoms with Crippen LogP contribution in [0.5, 0.6) is 0 Å². The highest BCUT2D eigenvalue weighted by Crippen LogP contribution is 2.21. The van der Waals surface area contributed by atoms with E-state index in [0.717, 1.165) is 0 Å². The molecule has 0 atom stereocenters. The minimum absolute atomic E-state index is 0.164. The van der Waals surface area contributed by atoms with Crippen molar-refractivity contribution in [2.75, 3.05) is 0 Å². The van der Waals surface area contributed by atoms with Crippen molar-refractivity contribution in [3.05, 3.63) is 59.6 Å². The lowest BCUT2D eigenvalue weighted by atomic mass is 10.4. The molecule has 1 radical (unpaired) electrons. The van der Waals surface area contributed by atoms with Crippen molar-refractivity contribution in [2.45, 2.75) is 9.79 Å². The Morgan fingerprint density at radius 3 is 2.25 bits per heavy atom. The molecule has 0 aromatic heterocycles. The van der Waals surface area contributed by atoms with Crippen molar-refractivity contribution in [2.24, 2.45) is 0 Å². The zero-order valence-electron chi connectivity index (χ0n) is 8.22. The molecule has 0 fully saturated rings. The van der Waals surface area contributed by atoms with Crippen LogP contribution in [0.4, 0.5) is 0 Å². The maximum atomic E-state index is 12.1. The Labute approximate surface area is 99.4 Å². The first kappa shape index (κ1) is 11.2. The molecule has 2 nitrogen and oxygen atoms in total. The normalized spacial score (nSPS) is 11.3. The fraction of sp³-hybridized carbons (Fsp3) is 0. The summed E-state index contributed by atoms with van der Waals surface area (Å²) in [7, 11) is -3.47. The number of benzene rings is 2. The number of halogens is 1. The number of hydrogen-bond donors (Lipinski definition) is 0. The molecule has 16 heavy (non-hydrogen) atoms. The second kappa shape index (κ2) is 4.28. The van der Waals surface area contributed by atoms with Crippen molar-refractivity contribution in [3.63, 3.8) is 0 Å². The van der Waals surface area contributed by atoms with E-state index in [-0.39, 0.29) is 9.79 Å². The quantitative estimate of drug-likeness (QED) is 0.822. The van der Waals surface area contributed by atoms with E-state index >= 15 is 0 Å². The van der Waals surface area contributed by atoms with Crippen molar-refractivity contribution in [3.8, 4) is 0 Å². The standard InChI is InChI=1S/C12H8ClO2S/c13-10-6-8-12(9-7-10)16(14,15)11-4-2-1-3-5-11/h1-4,6-9H. The van der Waals surface area contributed by atoms with Crippen LogP contribution in [0, 0.1) is 6.07 Å². The molecule has 0 amide bonds. The summed E-state index contributed by atoms with van der Waals surface area (Å²) < 4.78 is 24.1. The summed E-state index contributed by atoms with van der Waals surface area (Å²) in [5.41, 5.74) is 0. The van der Waals surface area contributed by atoms with Crippen LogP contribution < -0.4 is 0 Å². The number of hydrogen-bond acceptors (Lipinski definition) is 2. The van der Waals surface area contributed by atoms with Gasteiger partial charge in [0.05, 0.1) is 9.79 Å². The molecule has 81 valence electrons. The highest BCUT2D eigenvalue weighted by Gasteiger charge is 2.16. The topological polar surface area (TPSA) is 34.1 Å². The molecule has 2 rings (SSSR count). The van der Waals surface area contributed by atoms with Gasteiger partial charge in [-0.15, -0.1) is 0 Å². The summed E-state index contributed by atoms with van der Waals surface area (Å²) in [6.45, 7) is 0. The molecule has 0 aliphatic carbocycles. The Hall–Kier alpha value is -1.32. The maximum Gasteiger partial charge on any atom is 0.207 e. The summed E-state index contributed by atoms with van der Waals surface area (Å²) >= 11 is 5.71. The number of sulfone groups is 1. The molecule has 0 spiro atoms. The molecular weight excluding hydrogens is 244 g/mol. The van der Waals surface area contributed by atoms with Gasteiger partial charge in [0.2, 0.25) is 9.84 Å². The average molecular weight is 252 g/mol. The molecule has 2 aromatic carbocycles. The molecule has 0 bridgehead atoms. The minimum Gasteiger partial charge on any atom is -0.218 e. The lowest BCUT2D eigenvalue weighted by molar-refractivity contribution is 0.596. The Kier molecular flexibility index (Phi) is 2.99. The van der Waals surface area contributed by atoms with E-state index in [4.69, 9.17) is 11.6 Å². The highest BCUT2D eigenvalue weighted by atomic mass is 35.5. The van der Waals surface area contributed by atoms with Crippen molar-refractivity contribution in [1.29, 1.82) is 0 Å². The predicted molar refractivity (Wildman–Crippen MR) is 62.2 cm³/mol. The smallest absolute Gasteiger partial charge is 0.207 e. The fourth-order valence-electron chi connectivity index (χ4n) is 1.28. The Balaban J connectivity index is 2.52. The van der Waals surface area contributed by atoms with Gasteiger partial charge >= 0.3 is 0 Å². The van der Waals surface area contributed by atoms with Crippen LogP contribution >= 0.6 is 11.6 Å². The molecule has 4 heteroatoms. The molecule has 0 N–H and O–H groups in total. The van der Waals surface area contributed by atoms with E-state index in [2.05, 4.69) is 6.07 Å². The minimum atomic E-state index is -3.47. The molecule has 0 aliphatic rings. The van der Waals surface area contributed by atoms with Gasteiger partial charge in [0.1, 0.15) is 0 Å². The predicted octanol–water partition coefficient (Wildman–Crippen LogP) is 2.97. The van der Waals surface area contributed by atoms with E-state index in [1.165, 1.54) is 18.2 Å². The summed E-state index contributed by atoms with van der Waals surface area (Å²) in [5.74, 6) is 0. The van der Waals surface area contributed by atoms with Gasteiger partial charge in [0, 0.05) is 11.1 Å². The largest absolute Gasteiger partial charge is 0.218 e. The van der Waals surface area contributed by atoms with Gasteiger partial charge in [-0.05, 0) is 30.3 Å². The zero-order chi connectivity index (χ0) is 11.6. The summed E-state index contributed by atoms with van der Waals surface area (Å²) in [6.07, 6.45) is 0. The van der Waals surface area contributed by atoms with Crippen molar-refractivity contribution in [1.82, 2.24) is 0 Å². The van der Waals surface area contributed by atoms with Crippen LogP contribution in [-0.2, 0) is 9.84 Å². The van der Waals surface area contributed by atoms with Crippen LogP contribution in [0.15, 0.2) is 58.3 Å². The Bertz CT molecular complexity index is 574. The van der Waals surface area contributed by atoms with Gasteiger partial charge in [-0.1, -0.05) is 29.8 Å². The lowest BCUT2D eigenvalue weighted by Gasteiger charge is -2.03. The van der Waals surface area contributed by atoms with Gasteiger partial charge in [-0.3, -0.25) is 0 Å².